The first-order chi connectivity index (χ1) is 10.8. The Hall–Kier alpha value is -2.49. The number of hydrogen-bond acceptors (Lipinski definition) is 3. The number of carbonyl (C=O) groups is 1. The molecule has 0 aromatic heterocycles. The van der Waals surface area contributed by atoms with Crippen molar-refractivity contribution in [1.29, 1.82) is 0 Å². The summed E-state index contributed by atoms with van der Waals surface area (Å²) >= 11 is 0. The monoisotopic (exact) mass is 295 g/mol. The number of para-hydroxylation sites is 2. The van der Waals surface area contributed by atoms with Crippen molar-refractivity contribution in [2.45, 2.75) is 13.3 Å². The molecule has 0 spiro atoms. The number of nitrogens with zero attached hydrogens (tertiary/aromatic N) is 1. The Labute approximate surface area is 131 Å². The first-order valence-electron chi connectivity index (χ1n) is 7.73. The van der Waals surface area contributed by atoms with Crippen molar-refractivity contribution in [3.63, 3.8) is 0 Å². The molecule has 2 aromatic carbocycles. The third-order valence-electron chi connectivity index (χ3n) is 3.90. The van der Waals surface area contributed by atoms with E-state index in [-0.39, 0.29) is 5.91 Å². The second-order valence-electron chi connectivity index (χ2n) is 5.47. The second kappa shape index (κ2) is 6.52. The molecule has 1 aliphatic rings. The van der Waals surface area contributed by atoms with Crippen LogP contribution in [0.5, 0.6) is 0 Å². The van der Waals surface area contributed by atoms with Gasteiger partial charge in [0.1, 0.15) is 0 Å². The van der Waals surface area contributed by atoms with Gasteiger partial charge in [-0.1, -0.05) is 31.2 Å². The molecule has 1 aliphatic heterocycles. The van der Waals surface area contributed by atoms with Crippen LogP contribution >= 0.6 is 0 Å². The van der Waals surface area contributed by atoms with E-state index in [1.54, 1.807) is 0 Å². The quantitative estimate of drug-likeness (QED) is 0.911. The lowest BCUT2D eigenvalue weighted by molar-refractivity contribution is -0.115. The molecule has 22 heavy (non-hydrogen) atoms. The molecule has 0 atom stereocenters. The smallest absolute Gasteiger partial charge is 0.243 e. The summed E-state index contributed by atoms with van der Waals surface area (Å²) in [5.74, 6) is 0.0185. The molecule has 0 aliphatic carbocycles. The number of fused-ring (bicyclic) bond motifs is 1. The minimum atomic E-state index is 0.0185. The number of aryl methyl sites for hydroxylation is 1. The van der Waals surface area contributed by atoms with Gasteiger partial charge in [-0.15, -0.1) is 0 Å². The fourth-order valence-corrected chi connectivity index (χ4v) is 2.75. The Morgan fingerprint density at radius 2 is 2.09 bits per heavy atom. The van der Waals surface area contributed by atoms with Gasteiger partial charge in [0.2, 0.25) is 5.91 Å². The maximum absolute atomic E-state index is 12.3. The van der Waals surface area contributed by atoms with Crippen LogP contribution in [-0.2, 0) is 11.2 Å². The molecule has 1 amide bonds. The van der Waals surface area contributed by atoms with Gasteiger partial charge in [0.05, 0.1) is 17.9 Å². The van der Waals surface area contributed by atoms with Gasteiger partial charge in [0.25, 0.3) is 0 Å². The van der Waals surface area contributed by atoms with Crippen LogP contribution in [0.3, 0.4) is 0 Å². The summed E-state index contributed by atoms with van der Waals surface area (Å²) < 4.78 is 0. The first-order valence-corrected chi connectivity index (χ1v) is 7.73. The third kappa shape index (κ3) is 3.22. The molecule has 3 rings (SSSR count). The standard InChI is InChI=1S/C18H21N3O/c1-2-14-6-5-7-15(12-14)20-18(22)13-21-11-10-19-16-8-3-4-9-17(16)21/h3-9,12,19H,2,10-11,13H2,1H3,(H,20,22). The molecule has 0 fully saturated rings. The summed E-state index contributed by atoms with van der Waals surface area (Å²) in [5, 5.41) is 6.35. The molecule has 0 bridgehead atoms. The van der Waals surface area contributed by atoms with Gasteiger partial charge in [-0.05, 0) is 36.2 Å². The van der Waals surface area contributed by atoms with E-state index in [2.05, 4.69) is 28.5 Å². The molecule has 4 nitrogen and oxygen atoms in total. The van der Waals surface area contributed by atoms with Crippen LogP contribution in [0.1, 0.15) is 12.5 Å². The van der Waals surface area contributed by atoms with Gasteiger partial charge in [0.15, 0.2) is 0 Å². The summed E-state index contributed by atoms with van der Waals surface area (Å²) in [6, 6.07) is 16.1. The Morgan fingerprint density at radius 1 is 1.23 bits per heavy atom. The van der Waals surface area contributed by atoms with Gasteiger partial charge in [-0.3, -0.25) is 4.79 Å². The van der Waals surface area contributed by atoms with Crippen molar-refractivity contribution in [3.8, 4) is 0 Å². The summed E-state index contributed by atoms with van der Waals surface area (Å²) in [6.45, 7) is 4.17. The molecule has 0 radical (unpaired) electrons. The number of hydrogen-bond donors (Lipinski definition) is 2. The summed E-state index contributed by atoms with van der Waals surface area (Å²) in [4.78, 5) is 14.4. The topological polar surface area (TPSA) is 44.4 Å². The highest BCUT2D eigenvalue weighted by Gasteiger charge is 2.18. The fourth-order valence-electron chi connectivity index (χ4n) is 2.75. The van der Waals surface area contributed by atoms with Gasteiger partial charge in [-0.25, -0.2) is 0 Å². The van der Waals surface area contributed by atoms with Crippen LogP contribution in [0.4, 0.5) is 17.1 Å². The zero-order valence-electron chi connectivity index (χ0n) is 12.8. The zero-order chi connectivity index (χ0) is 15.4. The number of anilines is 3. The van der Waals surface area contributed by atoms with E-state index >= 15 is 0 Å². The summed E-state index contributed by atoms with van der Waals surface area (Å²) in [5.41, 5.74) is 4.28. The van der Waals surface area contributed by atoms with Crippen molar-refractivity contribution in [3.05, 3.63) is 54.1 Å². The predicted molar refractivity (Wildman–Crippen MR) is 91.6 cm³/mol. The molecule has 0 saturated heterocycles. The summed E-state index contributed by atoms with van der Waals surface area (Å²) in [7, 11) is 0. The van der Waals surface area contributed by atoms with Crippen molar-refractivity contribution in [1.82, 2.24) is 0 Å². The number of nitrogens with one attached hydrogen (secondary N) is 2. The van der Waals surface area contributed by atoms with Crippen molar-refractivity contribution < 1.29 is 4.79 Å². The van der Waals surface area contributed by atoms with Gasteiger partial charge >= 0.3 is 0 Å². The van der Waals surface area contributed by atoms with E-state index < -0.39 is 0 Å². The molecule has 1 heterocycles. The van der Waals surface area contributed by atoms with E-state index in [1.807, 2.05) is 42.5 Å². The van der Waals surface area contributed by atoms with Crippen LogP contribution < -0.4 is 15.5 Å². The van der Waals surface area contributed by atoms with Crippen molar-refractivity contribution in [2.75, 3.05) is 35.2 Å². The molecule has 0 unspecified atom stereocenters. The van der Waals surface area contributed by atoms with Crippen LogP contribution in [0.15, 0.2) is 48.5 Å². The Morgan fingerprint density at radius 3 is 2.95 bits per heavy atom. The predicted octanol–water partition coefficient (Wildman–Crippen LogP) is 3.12. The minimum absolute atomic E-state index is 0.0185. The van der Waals surface area contributed by atoms with Crippen LogP contribution in [-0.4, -0.2) is 25.5 Å². The third-order valence-corrected chi connectivity index (χ3v) is 3.90. The van der Waals surface area contributed by atoms with Crippen LogP contribution in [0.2, 0.25) is 0 Å². The normalized spacial score (nSPS) is 13.2. The van der Waals surface area contributed by atoms with Gasteiger partial charge < -0.3 is 15.5 Å². The van der Waals surface area contributed by atoms with E-state index in [9.17, 15) is 4.79 Å². The SMILES string of the molecule is CCc1cccc(NC(=O)CN2CCNc3ccccc32)c1. The summed E-state index contributed by atoms with van der Waals surface area (Å²) in [6.07, 6.45) is 0.967. The van der Waals surface area contributed by atoms with Gasteiger partial charge in [0, 0.05) is 18.8 Å². The molecular weight excluding hydrogens is 274 g/mol. The lowest BCUT2D eigenvalue weighted by Gasteiger charge is -2.31. The van der Waals surface area contributed by atoms with Crippen molar-refractivity contribution >= 4 is 23.0 Å². The highest BCUT2D eigenvalue weighted by molar-refractivity contribution is 5.95. The average Bonchev–Trinajstić information content (AvgIpc) is 2.55. The lowest BCUT2D eigenvalue weighted by Crippen LogP contribution is -2.39. The number of benzene rings is 2. The van der Waals surface area contributed by atoms with E-state index in [1.165, 1.54) is 5.56 Å². The molecule has 2 aromatic rings. The zero-order valence-corrected chi connectivity index (χ0v) is 12.8. The Kier molecular flexibility index (Phi) is 4.28. The average molecular weight is 295 g/mol. The van der Waals surface area contributed by atoms with E-state index in [0.29, 0.717) is 6.54 Å². The lowest BCUT2D eigenvalue weighted by atomic mass is 10.1. The minimum Gasteiger partial charge on any atom is -0.382 e. The maximum atomic E-state index is 12.3. The van der Waals surface area contributed by atoms with E-state index in [0.717, 1.165) is 36.6 Å². The first kappa shape index (κ1) is 14.4. The Balaban J connectivity index is 1.67. The molecule has 2 N–H and O–H groups in total. The van der Waals surface area contributed by atoms with Crippen molar-refractivity contribution in [2.24, 2.45) is 0 Å². The fraction of sp³-hybridized carbons (Fsp3) is 0.278. The molecule has 114 valence electrons. The van der Waals surface area contributed by atoms with E-state index in [4.69, 9.17) is 0 Å². The molecule has 4 heteroatoms. The number of rotatable bonds is 4. The molecule has 0 saturated carbocycles. The Bertz CT molecular complexity index is 669. The highest BCUT2D eigenvalue weighted by atomic mass is 16.2. The maximum Gasteiger partial charge on any atom is 0.243 e. The van der Waals surface area contributed by atoms with Crippen LogP contribution in [0.25, 0.3) is 0 Å². The number of carbonyl (C=O) groups excluding carboxylic acids is 1. The van der Waals surface area contributed by atoms with Crippen LogP contribution in [0, 0.1) is 0 Å². The second-order valence-corrected chi connectivity index (χ2v) is 5.47. The largest absolute Gasteiger partial charge is 0.382 e. The van der Waals surface area contributed by atoms with Gasteiger partial charge in [-0.2, -0.15) is 0 Å². The highest BCUT2D eigenvalue weighted by Crippen LogP contribution is 2.28. The number of amides is 1. The molecular formula is C18H21N3O.